The normalized spacial score (nSPS) is 14.0. The molecule has 0 bridgehead atoms. The van der Waals surface area contributed by atoms with Crippen molar-refractivity contribution < 1.29 is 4.74 Å². The van der Waals surface area contributed by atoms with E-state index in [-0.39, 0.29) is 12.1 Å². The molecule has 2 atom stereocenters. The zero-order valence-electron chi connectivity index (χ0n) is 11.8. The Balaban J connectivity index is 2.18. The SMILES string of the molecule is CCc1ccc(OC(c2ccc(Br)s2)C(N)CC)cc1. The molecule has 0 radical (unpaired) electrons. The van der Waals surface area contributed by atoms with E-state index >= 15 is 0 Å². The highest BCUT2D eigenvalue weighted by molar-refractivity contribution is 9.11. The largest absolute Gasteiger partial charge is 0.483 e. The minimum absolute atomic E-state index is 0.00796. The summed E-state index contributed by atoms with van der Waals surface area (Å²) in [7, 11) is 0. The maximum atomic E-state index is 6.23. The van der Waals surface area contributed by atoms with Crippen LogP contribution in [0.15, 0.2) is 40.2 Å². The molecule has 0 saturated heterocycles. The highest BCUT2D eigenvalue weighted by Crippen LogP contribution is 2.32. The maximum absolute atomic E-state index is 6.23. The molecule has 0 saturated carbocycles. The van der Waals surface area contributed by atoms with Gasteiger partial charge < -0.3 is 10.5 Å². The van der Waals surface area contributed by atoms with Gasteiger partial charge in [0.2, 0.25) is 0 Å². The third kappa shape index (κ3) is 3.84. The summed E-state index contributed by atoms with van der Waals surface area (Å²) in [5.74, 6) is 0.876. The lowest BCUT2D eigenvalue weighted by molar-refractivity contribution is 0.174. The standard InChI is InChI=1S/C16H20BrNOS/c1-3-11-5-7-12(8-6-11)19-16(13(18)4-2)14-9-10-15(17)20-14/h5-10,13,16H,3-4,18H2,1-2H3. The van der Waals surface area contributed by atoms with Crippen LogP contribution in [0.4, 0.5) is 0 Å². The van der Waals surface area contributed by atoms with Gasteiger partial charge in [-0.2, -0.15) is 0 Å². The topological polar surface area (TPSA) is 35.2 Å². The second-order valence-corrected chi connectivity index (χ2v) is 7.24. The second kappa shape index (κ2) is 7.25. The summed E-state index contributed by atoms with van der Waals surface area (Å²) in [6.45, 7) is 4.23. The minimum Gasteiger partial charge on any atom is -0.483 e. The number of rotatable bonds is 6. The molecule has 2 nitrogen and oxygen atoms in total. The van der Waals surface area contributed by atoms with Crippen LogP contribution in [0.3, 0.4) is 0 Å². The van der Waals surface area contributed by atoms with E-state index in [0.29, 0.717) is 0 Å². The van der Waals surface area contributed by atoms with E-state index < -0.39 is 0 Å². The van der Waals surface area contributed by atoms with Gasteiger partial charge in [-0.1, -0.05) is 26.0 Å². The summed E-state index contributed by atoms with van der Waals surface area (Å²) in [5, 5.41) is 0. The third-order valence-corrected chi connectivity index (χ3v) is 5.01. The van der Waals surface area contributed by atoms with Gasteiger partial charge in [-0.05, 0) is 58.6 Å². The maximum Gasteiger partial charge on any atom is 0.148 e. The molecule has 4 heteroatoms. The number of hydrogen-bond acceptors (Lipinski definition) is 3. The van der Waals surface area contributed by atoms with Crippen molar-refractivity contribution in [3.05, 3.63) is 50.6 Å². The molecule has 1 aromatic carbocycles. The van der Waals surface area contributed by atoms with Crippen LogP contribution < -0.4 is 10.5 Å². The molecule has 0 aliphatic carbocycles. The number of halogens is 1. The highest BCUT2D eigenvalue weighted by atomic mass is 79.9. The molecular formula is C16H20BrNOS. The van der Waals surface area contributed by atoms with Crippen molar-refractivity contribution in [3.8, 4) is 5.75 Å². The van der Waals surface area contributed by atoms with E-state index in [9.17, 15) is 0 Å². The van der Waals surface area contributed by atoms with Crippen molar-refractivity contribution in [2.45, 2.75) is 38.8 Å². The van der Waals surface area contributed by atoms with Crippen LogP contribution in [0.5, 0.6) is 5.75 Å². The van der Waals surface area contributed by atoms with Crippen LogP contribution in [-0.2, 0) is 6.42 Å². The first kappa shape index (κ1) is 15.5. The Morgan fingerprint density at radius 1 is 1.15 bits per heavy atom. The van der Waals surface area contributed by atoms with Crippen LogP contribution >= 0.6 is 27.3 Å². The molecular weight excluding hydrogens is 334 g/mol. The van der Waals surface area contributed by atoms with E-state index in [1.807, 2.05) is 18.2 Å². The third-order valence-electron chi connectivity index (χ3n) is 3.33. The lowest BCUT2D eigenvalue weighted by Gasteiger charge is -2.23. The zero-order valence-corrected chi connectivity index (χ0v) is 14.2. The lowest BCUT2D eigenvalue weighted by atomic mass is 10.1. The summed E-state index contributed by atoms with van der Waals surface area (Å²) in [5.41, 5.74) is 7.54. The van der Waals surface area contributed by atoms with Gasteiger partial charge in [0.1, 0.15) is 11.9 Å². The van der Waals surface area contributed by atoms with Crippen molar-refractivity contribution in [1.29, 1.82) is 0 Å². The second-order valence-electron chi connectivity index (χ2n) is 4.75. The van der Waals surface area contributed by atoms with Crippen LogP contribution in [0.25, 0.3) is 0 Å². The van der Waals surface area contributed by atoms with E-state index in [0.717, 1.165) is 27.3 Å². The first-order valence-electron chi connectivity index (χ1n) is 6.90. The van der Waals surface area contributed by atoms with Gasteiger partial charge in [0.25, 0.3) is 0 Å². The summed E-state index contributed by atoms with van der Waals surface area (Å²) < 4.78 is 7.23. The van der Waals surface area contributed by atoms with Gasteiger partial charge in [-0.3, -0.25) is 0 Å². The molecule has 2 unspecified atom stereocenters. The van der Waals surface area contributed by atoms with E-state index in [1.54, 1.807) is 11.3 Å². The van der Waals surface area contributed by atoms with Crippen molar-refractivity contribution in [2.75, 3.05) is 0 Å². The Hall–Kier alpha value is -0.840. The molecule has 0 aliphatic rings. The number of ether oxygens (including phenoxy) is 1. The molecule has 1 heterocycles. The van der Waals surface area contributed by atoms with Gasteiger partial charge >= 0.3 is 0 Å². The Morgan fingerprint density at radius 3 is 2.35 bits per heavy atom. The van der Waals surface area contributed by atoms with E-state index in [1.165, 1.54) is 5.56 Å². The fourth-order valence-electron chi connectivity index (χ4n) is 2.00. The smallest absolute Gasteiger partial charge is 0.148 e. The van der Waals surface area contributed by atoms with Crippen LogP contribution in [0.1, 0.15) is 36.8 Å². The summed E-state index contributed by atoms with van der Waals surface area (Å²) in [6.07, 6.45) is 1.83. The Labute approximate surface area is 133 Å². The van der Waals surface area contributed by atoms with Gasteiger partial charge in [-0.15, -0.1) is 11.3 Å². The molecule has 0 spiro atoms. The van der Waals surface area contributed by atoms with Crippen molar-refractivity contribution >= 4 is 27.3 Å². The average Bonchev–Trinajstić information content (AvgIpc) is 2.91. The highest BCUT2D eigenvalue weighted by Gasteiger charge is 2.22. The fourth-order valence-corrected chi connectivity index (χ4v) is 3.53. The van der Waals surface area contributed by atoms with Crippen LogP contribution in [0.2, 0.25) is 0 Å². The summed E-state index contributed by atoms with van der Waals surface area (Å²) >= 11 is 5.18. The monoisotopic (exact) mass is 353 g/mol. The van der Waals surface area contributed by atoms with Gasteiger partial charge in [0.15, 0.2) is 0 Å². The predicted octanol–water partition coefficient (Wildman–Crippen LogP) is 4.93. The Bertz CT molecular complexity index is 538. The number of aryl methyl sites for hydroxylation is 1. The first-order chi connectivity index (χ1) is 9.63. The zero-order chi connectivity index (χ0) is 14.5. The number of thiophene rings is 1. The summed E-state index contributed by atoms with van der Waals surface area (Å²) in [4.78, 5) is 1.16. The van der Waals surface area contributed by atoms with Crippen LogP contribution in [0, 0.1) is 0 Å². The quantitative estimate of drug-likeness (QED) is 0.798. The molecule has 1 aromatic heterocycles. The average molecular weight is 354 g/mol. The molecule has 20 heavy (non-hydrogen) atoms. The van der Waals surface area contributed by atoms with Crippen molar-refractivity contribution in [1.82, 2.24) is 0 Å². The van der Waals surface area contributed by atoms with Crippen LogP contribution in [-0.4, -0.2) is 6.04 Å². The molecule has 108 valence electrons. The fraction of sp³-hybridized carbons (Fsp3) is 0.375. The molecule has 0 aliphatic heterocycles. The molecule has 2 aromatic rings. The lowest BCUT2D eigenvalue weighted by Crippen LogP contribution is -2.30. The molecule has 2 rings (SSSR count). The van der Waals surface area contributed by atoms with E-state index in [2.05, 4.69) is 48.0 Å². The number of hydrogen-bond donors (Lipinski definition) is 1. The molecule has 2 N–H and O–H groups in total. The predicted molar refractivity (Wildman–Crippen MR) is 89.5 cm³/mol. The molecule has 0 fully saturated rings. The Morgan fingerprint density at radius 2 is 1.85 bits per heavy atom. The van der Waals surface area contributed by atoms with Gasteiger partial charge in [0, 0.05) is 10.9 Å². The first-order valence-corrected chi connectivity index (χ1v) is 8.51. The molecule has 0 amide bonds. The number of benzene rings is 1. The van der Waals surface area contributed by atoms with Crippen molar-refractivity contribution in [2.24, 2.45) is 5.73 Å². The minimum atomic E-state index is -0.0937. The van der Waals surface area contributed by atoms with Crippen molar-refractivity contribution in [3.63, 3.8) is 0 Å². The van der Waals surface area contributed by atoms with Gasteiger partial charge in [-0.25, -0.2) is 0 Å². The van der Waals surface area contributed by atoms with E-state index in [4.69, 9.17) is 10.5 Å². The van der Waals surface area contributed by atoms with Gasteiger partial charge in [0.05, 0.1) is 3.79 Å². The number of nitrogens with two attached hydrogens (primary N) is 1. The Kier molecular flexibility index (Phi) is 5.64. The summed E-state index contributed by atoms with van der Waals surface area (Å²) in [6, 6.07) is 12.4.